The van der Waals surface area contributed by atoms with E-state index in [-0.39, 0.29) is 40.5 Å². The number of unbranched alkanes of at least 4 members (excludes halogenated alkanes) is 1. The summed E-state index contributed by atoms with van der Waals surface area (Å²) in [6, 6.07) is 0. The molecule has 4 fully saturated rings. The summed E-state index contributed by atoms with van der Waals surface area (Å²) in [6.07, 6.45) is 9.13. The summed E-state index contributed by atoms with van der Waals surface area (Å²) in [4.78, 5) is 12.8. The van der Waals surface area contributed by atoms with Gasteiger partial charge < -0.3 is 24.4 Å². The molecule has 0 spiro atoms. The number of hydrogen-bond donors (Lipinski definition) is 3. The van der Waals surface area contributed by atoms with Crippen LogP contribution in [0.3, 0.4) is 0 Å². The maximum absolute atomic E-state index is 12.8. The van der Waals surface area contributed by atoms with Crippen molar-refractivity contribution in [2.24, 2.45) is 46.3 Å². The van der Waals surface area contributed by atoms with E-state index in [1.807, 2.05) is 14.1 Å². The van der Waals surface area contributed by atoms with E-state index in [9.17, 15) is 33.1 Å². The molecule has 0 bridgehead atoms. The Morgan fingerprint density at radius 3 is 2.33 bits per heavy atom. The van der Waals surface area contributed by atoms with E-state index < -0.39 is 16.2 Å². The van der Waals surface area contributed by atoms with Crippen LogP contribution in [0.15, 0.2) is 0 Å². The molecule has 0 heterocycles. The first kappa shape index (κ1) is 34.3. The van der Waals surface area contributed by atoms with Gasteiger partial charge in [-0.05, 0) is 111 Å². The molecule has 0 aromatic carbocycles. The number of hydrogen-bond acceptors (Lipinski definition) is 7. The number of carbonyl (C=O) groups excluding carboxylic acids is 1. The Bertz CT molecular complexity index is 1050. The summed E-state index contributed by atoms with van der Waals surface area (Å²) in [7, 11) is -0.109. The van der Waals surface area contributed by atoms with E-state index in [1.54, 1.807) is 0 Å². The molecule has 9 heteroatoms. The first-order chi connectivity index (χ1) is 19.5. The normalized spacial score (nSPS) is 41.1. The van der Waals surface area contributed by atoms with Gasteiger partial charge in [-0.25, -0.2) is 8.42 Å². The number of aliphatic hydroxyl groups excluding tert-OH is 3. The van der Waals surface area contributed by atoms with Gasteiger partial charge >= 0.3 is 0 Å². The molecule has 0 aliphatic heterocycles. The molecule has 0 amide bonds. The molecule has 4 aliphatic carbocycles. The third-order valence-electron chi connectivity index (χ3n) is 13.0. The first-order valence-electron chi connectivity index (χ1n) is 16.8. The fraction of sp³-hybridized carbons (Fsp3) is 0.970. The molecule has 244 valence electrons. The molecule has 3 N–H and O–H groups in total. The number of quaternary nitrogens is 1. The molecule has 11 atom stereocenters. The van der Waals surface area contributed by atoms with Crippen LogP contribution in [0.5, 0.6) is 0 Å². The number of ketones is 1. The topological polar surface area (TPSA) is 135 Å². The number of nitrogens with zero attached hydrogens (tertiary/aromatic N) is 1. The summed E-state index contributed by atoms with van der Waals surface area (Å²) in [5.41, 5.74) is -0.163. The summed E-state index contributed by atoms with van der Waals surface area (Å²) >= 11 is 0. The lowest BCUT2D eigenvalue weighted by Gasteiger charge is -2.63. The van der Waals surface area contributed by atoms with Crippen molar-refractivity contribution in [2.45, 2.75) is 123 Å². The Balaban J connectivity index is 1.27. The molecular formula is C33H59NO7S. The minimum Gasteiger partial charge on any atom is -0.748 e. The summed E-state index contributed by atoms with van der Waals surface area (Å²) in [5.74, 6) is 1.76. The van der Waals surface area contributed by atoms with E-state index in [1.165, 1.54) is 0 Å². The van der Waals surface area contributed by atoms with Gasteiger partial charge in [-0.15, -0.1) is 0 Å². The highest BCUT2D eigenvalue weighted by Crippen LogP contribution is 2.68. The van der Waals surface area contributed by atoms with Gasteiger partial charge in [0.2, 0.25) is 0 Å². The van der Waals surface area contributed by atoms with Crippen molar-refractivity contribution in [1.29, 1.82) is 0 Å². The van der Waals surface area contributed by atoms with Crippen molar-refractivity contribution in [1.82, 2.24) is 0 Å². The number of carbonyl (C=O) groups is 1. The van der Waals surface area contributed by atoms with Gasteiger partial charge in [0.25, 0.3) is 0 Å². The summed E-state index contributed by atoms with van der Waals surface area (Å²) < 4.78 is 33.2. The van der Waals surface area contributed by atoms with Crippen LogP contribution in [0.25, 0.3) is 0 Å². The second-order valence-corrected chi connectivity index (χ2v) is 17.6. The number of fused-ring (bicyclic) bond motifs is 5. The van der Waals surface area contributed by atoms with E-state index in [4.69, 9.17) is 0 Å². The third kappa shape index (κ3) is 7.28. The van der Waals surface area contributed by atoms with Crippen LogP contribution in [0.2, 0.25) is 0 Å². The molecule has 8 nitrogen and oxygen atoms in total. The maximum atomic E-state index is 12.8. The molecule has 4 saturated carbocycles. The fourth-order valence-electron chi connectivity index (χ4n) is 10.5. The Kier molecular flexibility index (Phi) is 10.6. The van der Waals surface area contributed by atoms with Crippen LogP contribution >= 0.6 is 0 Å². The molecule has 4 aliphatic rings. The van der Waals surface area contributed by atoms with Gasteiger partial charge in [0.05, 0.1) is 55.6 Å². The van der Waals surface area contributed by atoms with Crippen molar-refractivity contribution in [3.05, 3.63) is 0 Å². The van der Waals surface area contributed by atoms with Gasteiger partial charge in [0, 0.05) is 25.0 Å². The van der Waals surface area contributed by atoms with Crippen molar-refractivity contribution in [2.75, 3.05) is 32.9 Å². The van der Waals surface area contributed by atoms with Gasteiger partial charge in [-0.1, -0.05) is 20.8 Å². The monoisotopic (exact) mass is 613 g/mol. The van der Waals surface area contributed by atoms with E-state index in [0.717, 1.165) is 70.8 Å². The number of rotatable bonds is 13. The molecule has 42 heavy (non-hydrogen) atoms. The number of Topliss-reactive ketones (excluding diaryl/α,β-unsaturated/α-hetero) is 1. The van der Waals surface area contributed by atoms with Crippen LogP contribution in [0.1, 0.15) is 104 Å². The summed E-state index contributed by atoms with van der Waals surface area (Å²) in [5, 5.41) is 33.6. The third-order valence-corrected chi connectivity index (χ3v) is 13.8. The van der Waals surface area contributed by atoms with Crippen LogP contribution < -0.4 is 0 Å². The highest BCUT2D eigenvalue weighted by Gasteiger charge is 2.65. The molecule has 0 saturated heterocycles. The largest absolute Gasteiger partial charge is 0.748 e. The average molecular weight is 614 g/mol. The van der Waals surface area contributed by atoms with Crippen LogP contribution in [-0.2, 0) is 14.9 Å². The molecule has 4 rings (SSSR count). The predicted molar refractivity (Wildman–Crippen MR) is 162 cm³/mol. The second-order valence-electron chi connectivity index (χ2n) is 16.0. The molecule has 0 aromatic rings. The van der Waals surface area contributed by atoms with Gasteiger partial charge in [-0.2, -0.15) is 0 Å². The average Bonchev–Trinajstić information content (AvgIpc) is 3.24. The van der Waals surface area contributed by atoms with Crippen molar-refractivity contribution < 1.29 is 37.6 Å². The van der Waals surface area contributed by atoms with E-state index in [2.05, 4.69) is 20.8 Å². The molecule has 0 aromatic heterocycles. The summed E-state index contributed by atoms with van der Waals surface area (Å²) in [6.45, 7) is 8.36. The minimum absolute atomic E-state index is 0.0766. The SMILES string of the molecule is C[C@H](CCC(=O)CCCC[N+](C)(C)CCCS(=O)(=O)[O-])[C@H]1CC[C@H]2[C@@H]3[C@H](O)C[C@@H]4C[C@H](O)CC[C@]4(C)[C@H]3C[C@H](O)[C@]12C. The fourth-order valence-corrected chi connectivity index (χ4v) is 11.0. The lowest BCUT2D eigenvalue weighted by atomic mass is 9.43. The zero-order chi connectivity index (χ0) is 31.1. The Morgan fingerprint density at radius 2 is 1.64 bits per heavy atom. The molecule has 0 radical (unpaired) electrons. The lowest BCUT2D eigenvalue weighted by molar-refractivity contribution is -0.890. The zero-order valence-corrected chi connectivity index (χ0v) is 27.7. The molecular weight excluding hydrogens is 554 g/mol. The smallest absolute Gasteiger partial charge is 0.132 e. The van der Waals surface area contributed by atoms with Crippen LogP contribution in [0.4, 0.5) is 0 Å². The Morgan fingerprint density at radius 1 is 0.952 bits per heavy atom. The van der Waals surface area contributed by atoms with E-state index >= 15 is 0 Å². The molecule has 0 unspecified atom stereocenters. The van der Waals surface area contributed by atoms with Crippen molar-refractivity contribution >= 4 is 15.9 Å². The van der Waals surface area contributed by atoms with Crippen molar-refractivity contribution in [3.8, 4) is 0 Å². The lowest BCUT2D eigenvalue weighted by Crippen LogP contribution is -2.62. The van der Waals surface area contributed by atoms with Gasteiger partial charge in [0.1, 0.15) is 5.78 Å². The number of aliphatic hydroxyl groups is 3. The first-order valence-corrected chi connectivity index (χ1v) is 18.4. The second kappa shape index (κ2) is 13.0. The Labute approximate surface area is 255 Å². The minimum atomic E-state index is -4.17. The van der Waals surface area contributed by atoms with Gasteiger partial charge in [-0.3, -0.25) is 4.79 Å². The quantitative estimate of drug-likeness (QED) is 0.162. The van der Waals surface area contributed by atoms with Crippen molar-refractivity contribution in [3.63, 3.8) is 0 Å². The van der Waals surface area contributed by atoms with Gasteiger partial charge in [0.15, 0.2) is 0 Å². The maximum Gasteiger partial charge on any atom is 0.132 e. The van der Waals surface area contributed by atoms with E-state index in [0.29, 0.717) is 59.9 Å². The predicted octanol–water partition coefficient (Wildman–Crippen LogP) is 4.12. The van der Waals surface area contributed by atoms with Crippen LogP contribution in [-0.4, -0.2) is 89.8 Å². The highest BCUT2D eigenvalue weighted by atomic mass is 32.2. The standard InChI is InChI=1S/C33H59NO7S/c1-22(10-11-24(35)9-6-7-16-34(4,5)17-8-18-42(39,40)41)26-12-13-27-31-28(21-30(38)33(26,27)3)32(2)15-14-25(36)19-23(32)20-29(31)37/h22-23,25-31,36-38H,6-21H2,1-5H3/t22-,23+,25-,26-,27+,28+,29-,30+,31+,32+,33-/m1/s1. The van der Waals surface area contributed by atoms with Crippen LogP contribution in [0, 0.1) is 46.3 Å². The zero-order valence-electron chi connectivity index (χ0n) is 26.8. The highest BCUT2D eigenvalue weighted by molar-refractivity contribution is 7.85. The Hall–Kier alpha value is -0.580.